The molecule has 4 nitrogen and oxygen atoms in total. The third kappa shape index (κ3) is 3.13. The molecule has 116 valence electrons. The van der Waals surface area contributed by atoms with Gasteiger partial charge in [-0.1, -0.05) is 28.1 Å². The molecule has 2 heterocycles. The number of aromatic nitrogens is 2. The summed E-state index contributed by atoms with van der Waals surface area (Å²) in [6.07, 6.45) is 2.48. The first kappa shape index (κ1) is 15.4. The van der Waals surface area contributed by atoms with E-state index >= 15 is 0 Å². The van der Waals surface area contributed by atoms with Crippen molar-refractivity contribution in [3.8, 4) is 11.1 Å². The van der Waals surface area contributed by atoms with E-state index in [0.717, 1.165) is 25.0 Å². The molecule has 1 fully saturated rings. The van der Waals surface area contributed by atoms with Crippen molar-refractivity contribution < 1.29 is 9.13 Å². The Bertz CT molecular complexity index is 709. The summed E-state index contributed by atoms with van der Waals surface area (Å²) in [5, 5.41) is 4.91. The van der Waals surface area contributed by atoms with Gasteiger partial charge in [-0.2, -0.15) is 5.10 Å². The van der Waals surface area contributed by atoms with Gasteiger partial charge in [0.15, 0.2) is 6.23 Å². The van der Waals surface area contributed by atoms with Gasteiger partial charge in [0, 0.05) is 11.9 Å². The lowest BCUT2D eigenvalue weighted by atomic mass is 10.1. The van der Waals surface area contributed by atoms with E-state index in [2.05, 4.69) is 21.0 Å². The van der Waals surface area contributed by atoms with Gasteiger partial charge in [-0.05, 0) is 43.0 Å². The highest BCUT2D eigenvalue weighted by atomic mass is 79.9. The van der Waals surface area contributed by atoms with Crippen LogP contribution < -0.4 is 5.56 Å². The van der Waals surface area contributed by atoms with Crippen LogP contribution in [0.15, 0.2) is 35.1 Å². The van der Waals surface area contributed by atoms with Crippen LogP contribution in [0.3, 0.4) is 0 Å². The predicted octanol–water partition coefficient (Wildman–Crippen LogP) is 3.64. The normalized spacial score (nSPS) is 18.4. The van der Waals surface area contributed by atoms with Gasteiger partial charge < -0.3 is 4.74 Å². The number of rotatable bonds is 3. The van der Waals surface area contributed by atoms with Gasteiger partial charge in [-0.15, -0.1) is 0 Å². The number of alkyl halides is 1. The van der Waals surface area contributed by atoms with Crippen LogP contribution in [-0.2, 0) is 10.1 Å². The van der Waals surface area contributed by atoms with Crippen molar-refractivity contribution in [2.24, 2.45) is 0 Å². The van der Waals surface area contributed by atoms with Crippen molar-refractivity contribution >= 4 is 15.9 Å². The Morgan fingerprint density at radius 3 is 2.73 bits per heavy atom. The molecule has 1 aromatic heterocycles. The number of hydrogen-bond acceptors (Lipinski definition) is 3. The molecule has 0 amide bonds. The van der Waals surface area contributed by atoms with Crippen molar-refractivity contribution in [1.29, 1.82) is 0 Å². The highest BCUT2D eigenvalue weighted by molar-refractivity contribution is 9.08. The van der Waals surface area contributed by atoms with Crippen molar-refractivity contribution in [3.05, 3.63) is 52.2 Å². The molecule has 0 aliphatic carbocycles. The average Bonchev–Trinajstić information content (AvgIpc) is 2.57. The van der Waals surface area contributed by atoms with Crippen LogP contribution in [0.2, 0.25) is 0 Å². The Morgan fingerprint density at radius 1 is 1.32 bits per heavy atom. The average molecular weight is 367 g/mol. The Morgan fingerprint density at radius 2 is 2.09 bits per heavy atom. The first-order chi connectivity index (χ1) is 10.7. The fraction of sp³-hybridized carbons (Fsp3) is 0.375. The summed E-state index contributed by atoms with van der Waals surface area (Å²) in [7, 11) is 0. The van der Waals surface area contributed by atoms with E-state index in [1.54, 1.807) is 18.2 Å². The summed E-state index contributed by atoms with van der Waals surface area (Å²) in [5.41, 5.74) is 1.73. The van der Waals surface area contributed by atoms with Gasteiger partial charge in [0.05, 0.1) is 11.3 Å². The predicted molar refractivity (Wildman–Crippen MR) is 85.4 cm³/mol. The number of benzene rings is 1. The molecule has 0 radical (unpaired) electrons. The van der Waals surface area contributed by atoms with Crippen molar-refractivity contribution in [2.75, 3.05) is 6.61 Å². The molecule has 0 saturated carbocycles. The molecule has 1 atom stereocenters. The highest BCUT2D eigenvalue weighted by Gasteiger charge is 2.20. The van der Waals surface area contributed by atoms with E-state index in [4.69, 9.17) is 4.74 Å². The number of halogens is 2. The van der Waals surface area contributed by atoms with Crippen LogP contribution in [0.4, 0.5) is 4.39 Å². The minimum atomic E-state index is -0.325. The lowest BCUT2D eigenvalue weighted by molar-refractivity contribution is -0.0426. The molecule has 1 aliphatic heterocycles. The van der Waals surface area contributed by atoms with Crippen LogP contribution in [-0.4, -0.2) is 16.4 Å². The zero-order valence-corrected chi connectivity index (χ0v) is 13.6. The van der Waals surface area contributed by atoms with E-state index in [0.29, 0.717) is 23.1 Å². The van der Waals surface area contributed by atoms with Crippen LogP contribution in [0, 0.1) is 5.82 Å². The van der Waals surface area contributed by atoms with Crippen molar-refractivity contribution in [3.63, 3.8) is 0 Å². The first-order valence-electron chi connectivity index (χ1n) is 7.25. The Hall–Kier alpha value is -1.53. The number of ether oxygens (including phenoxy) is 1. The number of nitrogens with zero attached hydrogens (tertiary/aromatic N) is 2. The Labute approximate surface area is 136 Å². The molecule has 1 aliphatic rings. The topological polar surface area (TPSA) is 44.1 Å². The second kappa shape index (κ2) is 6.71. The van der Waals surface area contributed by atoms with E-state index < -0.39 is 0 Å². The molecular formula is C16H16BrFN2O2. The van der Waals surface area contributed by atoms with Crippen molar-refractivity contribution in [1.82, 2.24) is 9.78 Å². The Kier molecular flexibility index (Phi) is 4.69. The van der Waals surface area contributed by atoms with Gasteiger partial charge in [-0.3, -0.25) is 4.79 Å². The third-order valence-corrected chi connectivity index (χ3v) is 4.28. The van der Waals surface area contributed by atoms with E-state index in [1.807, 2.05) is 0 Å². The molecule has 22 heavy (non-hydrogen) atoms. The quantitative estimate of drug-likeness (QED) is 0.778. The standard InChI is InChI=1S/C16H16BrFN2O2/c17-10-13-9-14(11-4-6-12(18)7-5-11)16(21)20(19-13)15-3-1-2-8-22-15/h4-7,9,15H,1-3,8,10H2. The summed E-state index contributed by atoms with van der Waals surface area (Å²) >= 11 is 3.38. The lowest BCUT2D eigenvalue weighted by Gasteiger charge is -2.24. The minimum Gasteiger partial charge on any atom is -0.356 e. The van der Waals surface area contributed by atoms with Crippen LogP contribution in [0.25, 0.3) is 11.1 Å². The largest absolute Gasteiger partial charge is 0.356 e. The lowest BCUT2D eigenvalue weighted by Crippen LogP contribution is -2.32. The molecule has 0 bridgehead atoms. The van der Waals surface area contributed by atoms with E-state index in [9.17, 15) is 9.18 Å². The molecule has 0 spiro atoms. The molecule has 1 aromatic carbocycles. The van der Waals surface area contributed by atoms with Gasteiger partial charge in [-0.25, -0.2) is 9.07 Å². The minimum absolute atomic E-state index is 0.205. The molecule has 1 saturated heterocycles. The van der Waals surface area contributed by atoms with Crippen molar-refractivity contribution in [2.45, 2.75) is 30.8 Å². The van der Waals surface area contributed by atoms with Crippen LogP contribution in [0.5, 0.6) is 0 Å². The summed E-state index contributed by atoms with van der Waals surface area (Å²) in [5.74, 6) is -0.325. The molecule has 3 rings (SSSR count). The maximum Gasteiger partial charge on any atom is 0.277 e. The summed E-state index contributed by atoms with van der Waals surface area (Å²) < 4.78 is 20.2. The van der Waals surface area contributed by atoms with Gasteiger partial charge in [0.1, 0.15) is 5.82 Å². The number of hydrogen-bond donors (Lipinski definition) is 0. The summed E-state index contributed by atoms with van der Waals surface area (Å²) in [6.45, 7) is 0.642. The maximum absolute atomic E-state index is 13.1. The third-order valence-electron chi connectivity index (χ3n) is 3.71. The molecule has 1 unspecified atom stereocenters. The molecular weight excluding hydrogens is 351 g/mol. The molecule has 2 aromatic rings. The Balaban J connectivity index is 2.09. The van der Waals surface area contributed by atoms with Gasteiger partial charge in [0.25, 0.3) is 5.56 Å². The second-order valence-electron chi connectivity index (χ2n) is 5.26. The van der Waals surface area contributed by atoms with E-state index in [1.165, 1.54) is 16.8 Å². The monoisotopic (exact) mass is 366 g/mol. The fourth-order valence-electron chi connectivity index (χ4n) is 2.58. The van der Waals surface area contributed by atoms with E-state index in [-0.39, 0.29) is 17.6 Å². The van der Waals surface area contributed by atoms with Crippen LogP contribution >= 0.6 is 15.9 Å². The summed E-state index contributed by atoms with van der Waals surface area (Å²) in [6, 6.07) is 7.66. The summed E-state index contributed by atoms with van der Waals surface area (Å²) in [4.78, 5) is 12.7. The SMILES string of the molecule is O=c1c(-c2ccc(F)cc2)cc(CBr)nn1C1CCCCO1. The molecule has 6 heteroatoms. The maximum atomic E-state index is 13.1. The van der Waals surface area contributed by atoms with Crippen LogP contribution in [0.1, 0.15) is 31.2 Å². The highest BCUT2D eigenvalue weighted by Crippen LogP contribution is 2.23. The zero-order chi connectivity index (χ0) is 15.5. The second-order valence-corrected chi connectivity index (χ2v) is 5.82. The molecule has 0 N–H and O–H groups in total. The first-order valence-corrected chi connectivity index (χ1v) is 8.37. The zero-order valence-electron chi connectivity index (χ0n) is 12.0. The fourth-order valence-corrected chi connectivity index (χ4v) is 2.85. The smallest absolute Gasteiger partial charge is 0.277 e. The van der Waals surface area contributed by atoms with Gasteiger partial charge >= 0.3 is 0 Å². The van der Waals surface area contributed by atoms with Gasteiger partial charge in [0.2, 0.25) is 0 Å².